The van der Waals surface area contributed by atoms with E-state index in [1.807, 2.05) is 0 Å². The Kier molecular flexibility index (Phi) is 8.38. The number of hydrogen-bond acceptors (Lipinski definition) is 4. The number of ether oxygens (including phenoxy) is 2. The van der Waals surface area contributed by atoms with Crippen LogP contribution in [0, 0.1) is 0 Å². The molecule has 10 heteroatoms. The van der Waals surface area contributed by atoms with Gasteiger partial charge >= 0.3 is 11.9 Å². The highest BCUT2D eigenvalue weighted by molar-refractivity contribution is 6.68. The van der Waals surface area contributed by atoms with E-state index in [2.05, 4.69) is 9.47 Å². The minimum absolute atomic E-state index is 0.175. The first-order chi connectivity index (χ1) is 7.99. The lowest BCUT2D eigenvalue weighted by Gasteiger charge is -2.12. The highest BCUT2D eigenvalue weighted by Crippen LogP contribution is 2.30. The summed E-state index contributed by atoms with van der Waals surface area (Å²) in [4.78, 5) is 22.1. The topological polar surface area (TPSA) is 52.6 Å². The monoisotopic (exact) mass is 378 g/mol. The zero-order chi connectivity index (χ0) is 14.4. The van der Waals surface area contributed by atoms with Crippen LogP contribution in [0.4, 0.5) is 0 Å². The van der Waals surface area contributed by atoms with Crippen LogP contribution in [0.3, 0.4) is 0 Å². The molecule has 0 radical (unpaired) electrons. The third-order valence-corrected chi connectivity index (χ3v) is 2.10. The second kappa shape index (κ2) is 8.08. The van der Waals surface area contributed by atoms with Crippen LogP contribution in [0.2, 0.25) is 0 Å². The molecule has 0 atom stereocenters. The summed E-state index contributed by atoms with van der Waals surface area (Å²) < 4.78 is 5.82. The summed E-state index contributed by atoms with van der Waals surface area (Å²) in [6, 6.07) is 0. The Morgan fingerprint density at radius 3 is 1.22 bits per heavy atom. The molecule has 0 N–H and O–H groups in total. The molecule has 0 aliphatic carbocycles. The third kappa shape index (κ3) is 13.1. The lowest BCUT2D eigenvalue weighted by molar-refractivity contribution is -0.152. The molecular weight excluding hydrogens is 373 g/mol. The maximum Gasteiger partial charge on any atom is 0.310 e. The molecule has 18 heavy (non-hydrogen) atoms. The van der Waals surface area contributed by atoms with Gasteiger partial charge in [-0.1, -0.05) is 69.6 Å². The van der Waals surface area contributed by atoms with Gasteiger partial charge in [-0.3, -0.25) is 9.59 Å². The molecule has 0 spiro atoms. The second-order valence-electron chi connectivity index (χ2n) is 3.02. The van der Waals surface area contributed by atoms with Gasteiger partial charge in [0, 0.05) is 0 Å². The van der Waals surface area contributed by atoms with E-state index in [0.717, 1.165) is 0 Å². The smallest absolute Gasteiger partial charge is 0.310 e. The Hall–Kier alpha value is 0.680. The normalized spacial score (nSPS) is 12.1. The van der Waals surface area contributed by atoms with Crippen LogP contribution in [-0.4, -0.2) is 32.7 Å². The van der Waals surface area contributed by atoms with Crippen LogP contribution < -0.4 is 0 Å². The van der Waals surface area contributed by atoms with Gasteiger partial charge in [-0.05, 0) is 0 Å². The first-order valence-electron chi connectivity index (χ1n) is 4.44. The molecule has 4 nitrogen and oxygen atoms in total. The van der Waals surface area contributed by atoms with E-state index in [-0.39, 0.29) is 13.2 Å². The predicted octanol–water partition coefficient (Wildman–Crippen LogP) is 3.59. The molecule has 0 aromatic rings. The Labute approximate surface area is 134 Å². The number of carbonyl (C=O) groups excluding carboxylic acids is 2. The first-order valence-corrected chi connectivity index (χ1v) is 6.71. The van der Waals surface area contributed by atoms with Crippen LogP contribution in [0.1, 0.15) is 12.8 Å². The summed E-state index contributed by atoms with van der Waals surface area (Å²) >= 11 is 32.2. The predicted molar refractivity (Wildman–Crippen MR) is 71.7 cm³/mol. The fraction of sp³-hybridized carbons (Fsp3) is 0.750. The molecule has 106 valence electrons. The molecule has 0 saturated carbocycles. The van der Waals surface area contributed by atoms with Gasteiger partial charge in [-0.15, -0.1) is 0 Å². The van der Waals surface area contributed by atoms with Crippen molar-refractivity contribution in [2.45, 2.75) is 20.4 Å². The number of carbonyl (C=O) groups is 2. The van der Waals surface area contributed by atoms with E-state index >= 15 is 0 Å². The Bertz CT molecular complexity index is 265. The fourth-order valence-corrected chi connectivity index (χ4v) is 1.40. The highest BCUT2D eigenvalue weighted by atomic mass is 35.6. The van der Waals surface area contributed by atoms with Crippen molar-refractivity contribution < 1.29 is 19.1 Å². The van der Waals surface area contributed by atoms with Gasteiger partial charge in [0.1, 0.15) is 13.2 Å². The van der Waals surface area contributed by atoms with Crippen molar-refractivity contribution in [2.24, 2.45) is 0 Å². The van der Waals surface area contributed by atoms with E-state index in [1.165, 1.54) is 0 Å². The van der Waals surface area contributed by atoms with Crippen molar-refractivity contribution in [2.75, 3.05) is 13.2 Å². The standard InChI is InChI=1S/C8H8Cl6O4/c9-7(10,11)3-5(15)17-1-2-18-6(16)4-8(12,13)14/h1-4H2. The van der Waals surface area contributed by atoms with Crippen molar-refractivity contribution >= 4 is 81.5 Å². The molecule has 0 aromatic carbocycles. The molecule has 0 heterocycles. The Morgan fingerprint density at radius 1 is 0.722 bits per heavy atom. The summed E-state index contributed by atoms with van der Waals surface area (Å²) in [5, 5.41) is 0. The van der Waals surface area contributed by atoms with Crippen molar-refractivity contribution in [3.63, 3.8) is 0 Å². The number of esters is 2. The minimum atomic E-state index is -1.72. The van der Waals surface area contributed by atoms with Crippen LogP contribution in [0.25, 0.3) is 0 Å². The van der Waals surface area contributed by atoms with Gasteiger partial charge in [-0.2, -0.15) is 0 Å². The lowest BCUT2D eigenvalue weighted by Crippen LogP contribution is -2.19. The average Bonchev–Trinajstić information content (AvgIpc) is 2.06. The molecule has 0 saturated heterocycles. The minimum Gasteiger partial charge on any atom is -0.462 e. The number of hydrogen-bond donors (Lipinski definition) is 0. The van der Waals surface area contributed by atoms with E-state index in [0.29, 0.717) is 0 Å². The quantitative estimate of drug-likeness (QED) is 0.415. The number of alkyl halides is 6. The fourth-order valence-electron chi connectivity index (χ4n) is 0.740. The first kappa shape index (κ1) is 18.7. The van der Waals surface area contributed by atoms with Crippen LogP contribution in [0.15, 0.2) is 0 Å². The maximum absolute atomic E-state index is 11.1. The van der Waals surface area contributed by atoms with E-state index < -0.39 is 32.4 Å². The molecular formula is C8H8Cl6O4. The molecule has 0 aliphatic rings. The molecule has 0 fully saturated rings. The largest absolute Gasteiger partial charge is 0.462 e. The van der Waals surface area contributed by atoms with Gasteiger partial charge in [0.15, 0.2) is 0 Å². The van der Waals surface area contributed by atoms with Gasteiger partial charge in [0.2, 0.25) is 7.59 Å². The molecule has 0 amide bonds. The zero-order valence-electron chi connectivity index (χ0n) is 8.73. The van der Waals surface area contributed by atoms with E-state index in [4.69, 9.17) is 69.6 Å². The molecule has 0 rings (SSSR count). The summed E-state index contributed by atoms with van der Waals surface area (Å²) in [5.74, 6) is -1.46. The second-order valence-corrected chi connectivity index (χ2v) is 8.06. The van der Waals surface area contributed by atoms with Gasteiger partial charge < -0.3 is 9.47 Å². The van der Waals surface area contributed by atoms with Crippen molar-refractivity contribution in [3.05, 3.63) is 0 Å². The SMILES string of the molecule is O=C(CC(Cl)(Cl)Cl)OCCOC(=O)CC(Cl)(Cl)Cl. The van der Waals surface area contributed by atoms with Crippen molar-refractivity contribution in [3.8, 4) is 0 Å². The Morgan fingerprint density at radius 2 is 1.00 bits per heavy atom. The average molecular weight is 381 g/mol. The van der Waals surface area contributed by atoms with Gasteiger partial charge in [0.25, 0.3) is 0 Å². The zero-order valence-corrected chi connectivity index (χ0v) is 13.3. The molecule has 0 bridgehead atoms. The molecule has 0 aliphatic heterocycles. The number of rotatable bonds is 5. The van der Waals surface area contributed by atoms with Gasteiger partial charge in [-0.25, -0.2) is 0 Å². The molecule has 0 unspecified atom stereocenters. The molecule has 0 aromatic heterocycles. The number of halogens is 6. The van der Waals surface area contributed by atoms with E-state index in [1.54, 1.807) is 0 Å². The van der Waals surface area contributed by atoms with Gasteiger partial charge in [0.05, 0.1) is 12.8 Å². The van der Waals surface area contributed by atoms with Crippen molar-refractivity contribution in [1.82, 2.24) is 0 Å². The summed E-state index contributed by atoms with van der Waals surface area (Å²) in [6.45, 7) is -0.351. The van der Waals surface area contributed by atoms with Crippen LogP contribution >= 0.6 is 69.6 Å². The third-order valence-electron chi connectivity index (χ3n) is 1.30. The summed E-state index contributed by atoms with van der Waals surface area (Å²) in [6.07, 6.45) is -0.806. The highest BCUT2D eigenvalue weighted by Gasteiger charge is 2.26. The van der Waals surface area contributed by atoms with Crippen LogP contribution in [0.5, 0.6) is 0 Å². The van der Waals surface area contributed by atoms with E-state index in [9.17, 15) is 9.59 Å². The maximum atomic E-state index is 11.1. The summed E-state index contributed by atoms with van der Waals surface area (Å²) in [5.41, 5.74) is 0. The summed E-state index contributed by atoms with van der Waals surface area (Å²) in [7, 11) is 0. The Balaban J connectivity index is 3.69. The van der Waals surface area contributed by atoms with Crippen molar-refractivity contribution in [1.29, 1.82) is 0 Å². The van der Waals surface area contributed by atoms with Crippen LogP contribution in [-0.2, 0) is 19.1 Å². The lowest BCUT2D eigenvalue weighted by atomic mass is 10.5.